The summed E-state index contributed by atoms with van der Waals surface area (Å²) in [5, 5.41) is 3.59. The standard InChI is InChI=1S/C16H22N2/c1-12-3-4-14-15-13(12)11-17-8-10-18(15)9-7-16(14)5-2-6-16/h3-4,17H,2,5-11H2,1H3. The molecule has 0 atom stereocenters. The molecular formula is C16H22N2. The first-order valence-corrected chi connectivity index (χ1v) is 7.39. The highest BCUT2D eigenvalue weighted by molar-refractivity contribution is 5.67. The Balaban J connectivity index is 1.93. The van der Waals surface area contributed by atoms with E-state index in [0.717, 1.165) is 13.1 Å². The summed E-state index contributed by atoms with van der Waals surface area (Å²) >= 11 is 0. The molecule has 1 aromatic carbocycles. The van der Waals surface area contributed by atoms with Crippen molar-refractivity contribution in [2.75, 3.05) is 24.5 Å². The predicted octanol–water partition coefficient (Wildman–Crippen LogP) is 2.73. The molecule has 2 heteroatoms. The van der Waals surface area contributed by atoms with Gasteiger partial charge in [-0.15, -0.1) is 0 Å². The maximum absolute atomic E-state index is 3.59. The van der Waals surface area contributed by atoms with Gasteiger partial charge in [-0.25, -0.2) is 0 Å². The van der Waals surface area contributed by atoms with E-state index >= 15 is 0 Å². The van der Waals surface area contributed by atoms with E-state index in [0.29, 0.717) is 5.41 Å². The van der Waals surface area contributed by atoms with E-state index in [4.69, 9.17) is 0 Å². The Morgan fingerprint density at radius 3 is 2.83 bits per heavy atom. The predicted molar refractivity (Wildman–Crippen MR) is 75.2 cm³/mol. The summed E-state index contributed by atoms with van der Waals surface area (Å²) in [5.41, 5.74) is 6.86. The van der Waals surface area contributed by atoms with Gasteiger partial charge >= 0.3 is 0 Å². The summed E-state index contributed by atoms with van der Waals surface area (Å²) in [4.78, 5) is 2.64. The van der Waals surface area contributed by atoms with Gasteiger partial charge in [-0.1, -0.05) is 18.6 Å². The van der Waals surface area contributed by atoms with Crippen molar-refractivity contribution in [1.29, 1.82) is 0 Å². The molecule has 0 amide bonds. The molecule has 2 heterocycles. The fourth-order valence-electron chi connectivity index (χ4n) is 4.12. The third-order valence-corrected chi connectivity index (χ3v) is 5.44. The second kappa shape index (κ2) is 3.74. The number of nitrogens with one attached hydrogen (secondary N) is 1. The molecule has 3 aliphatic rings. The number of hydrogen-bond acceptors (Lipinski definition) is 2. The first-order valence-electron chi connectivity index (χ1n) is 7.39. The highest BCUT2D eigenvalue weighted by Crippen LogP contribution is 2.53. The number of rotatable bonds is 0. The normalized spacial score (nSPS) is 24.4. The van der Waals surface area contributed by atoms with Gasteiger partial charge in [0, 0.05) is 31.9 Å². The highest BCUT2D eigenvalue weighted by atomic mass is 15.2. The van der Waals surface area contributed by atoms with Crippen LogP contribution in [0.2, 0.25) is 0 Å². The molecule has 96 valence electrons. The van der Waals surface area contributed by atoms with Crippen LogP contribution in [-0.4, -0.2) is 19.6 Å². The number of anilines is 1. The average molecular weight is 242 g/mol. The van der Waals surface area contributed by atoms with Crippen molar-refractivity contribution >= 4 is 5.69 Å². The smallest absolute Gasteiger partial charge is 0.0453 e. The molecular weight excluding hydrogens is 220 g/mol. The summed E-state index contributed by atoms with van der Waals surface area (Å²) in [7, 11) is 0. The fourth-order valence-corrected chi connectivity index (χ4v) is 4.12. The molecule has 0 aromatic heterocycles. The molecule has 1 spiro atoms. The number of nitrogens with zero attached hydrogens (tertiary/aromatic N) is 1. The Kier molecular flexibility index (Phi) is 2.25. The van der Waals surface area contributed by atoms with Crippen LogP contribution in [-0.2, 0) is 12.0 Å². The molecule has 1 aliphatic carbocycles. The minimum atomic E-state index is 0.554. The third kappa shape index (κ3) is 1.33. The highest BCUT2D eigenvalue weighted by Gasteiger charge is 2.44. The van der Waals surface area contributed by atoms with Crippen molar-refractivity contribution in [1.82, 2.24) is 5.32 Å². The average Bonchev–Trinajstić information content (AvgIpc) is 2.55. The van der Waals surface area contributed by atoms with Crippen molar-refractivity contribution in [3.05, 3.63) is 28.8 Å². The molecule has 1 saturated carbocycles. The van der Waals surface area contributed by atoms with Gasteiger partial charge in [0.15, 0.2) is 0 Å². The molecule has 0 bridgehead atoms. The first-order chi connectivity index (χ1) is 8.80. The van der Waals surface area contributed by atoms with Crippen LogP contribution < -0.4 is 10.2 Å². The van der Waals surface area contributed by atoms with Crippen LogP contribution in [0.3, 0.4) is 0 Å². The number of hydrogen-bond donors (Lipinski definition) is 1. The van der Waals surface area contributed by atoms with Gasteiger partial charge in [0.05, 0.1) is 0 Å². The molecule has 2 aliphatic heterocycles. The van der Waals surface area contributed by atoms with Crippen LogP contribution in [0.5, 0.6) is 0 Å². The van der Waals surface area contributed by atoms with E-state index < -0.39 is 0 Å². The summed E-state index contributed by atoms with van der Waals surface area (Å²) in [6.45, 7) is 6.90. The Labute approximate surface area is 109 Å². The second-order valence-electron chi connectivity index (χ2n) is 6.30. The first kappa shape index (κ1) is 10.9. The molecule has 2 nitrogen and oxygen atoms in total. The summed E-state index contributed by atoms with van der Waals surface area (Å²) in [6.07, 6.45) is 5.65. The van der Waals surface area contributed by atoms with Crippen molar-refractivity contribution in [2.24, 2.45) is 0 Å². The fraction of sp³-hybridized carbons (Fsp3) is 0.625. The monoisotopic (exact) mass is 242 g/mol. The molecule has 0 unspecified atom stereocenters. The Bertz CT molecular complexity index is 488. The van der Waals surface area contributed by atoms with Crippen molar-refractivity contribution in [3.8, 4) is 0 Å². The lowest BCUT2D eigenvalue weighted by atomic mass is 9.60. The zero-order chi connectivity index (χ0) is 12.2. The zero-order valence-corrected chi connectivity index (χ0v) is 11.3. The van der Waals surface area contributed by atoms with Gasteiger partial charge in [0.1, 0.15) is 0 Å². The lowest BCUT2D eigenvalue weighted by Crippen LogP contribution is -2.45. The van der Waals surface area contributed by atoms with Crippen LogP contribution in [0.25, 0.3) is 0 Å². The van der Waals surface area contributed by atoms with Gasteiger partial charge < -0.3 is 10.2 Å². The number of aryl methyl sites for hydroxylation is 1. The van der Waals surface area contributed by atoms with Crippen LogP contribution >= 0.6 is 0 Å². The maximum Gasteiger partial charge on any atom is 0.0453 e. The quantitative estimate of drug-likeness (QED) is 0.752. The van der Waals surface area contributed by atoms with E-state index in [2.05, 4.69) is 29.3 Å². The van der Waals surface area contributed by atoms with Crippen molar-refractivity contribution in [2.45, 2.75) is 44.6 Å². The van der Waals surface area contributed by atoms with Crippen LogP contribution in [0.4, 0.5) is 5.69 Å². The molecule has 0 saturated heterocycles. The van der Waals surface area contributed by atoms with Crippen LogP contribution in [0.1, 0.15) is 42.4 Å². The Morgan fingerprint density at radius 2 is 2.06 bits per heavy atom. The summed E-state index contributed by atoms with van der Waals surface area (Å²) in [6, 6.07) is 4.79. The van der Waals surface area contributed by atoms with Gasteiger partial charge in [-0.3, -0.25) is 0 Å². The van der Waals surface area contributed by atoms with E-state index in [9.17, 15) is 0 Å². The molecule has 4 rings (SSSR count). The van der Waals surface area contributed by atoms with Crippen LogP contribution in [0, 0.1) is 6.92 Å². The van der Waals surface area contributed by atoms with Gasteiger partial charge in [0.2, 0.25) is 0 Å². The Morgan fingerprint density at radius 1 is 1.17 bits per heavy atom. The maximum atomic E-state index is 3.59. The van der Waals surface area contributed by atoms with E-state index in [-0.39, 0.29) is 0 Å². The largest absolute Gasteiger partial charge is 0.370 e. The van der Waals surface area contributed by atoms with Gasteiger partial charge in [0.25, 0.3) is 0 Å². The topological polar surface area (TPSA) is 15.3 Å². The van der Waals surface area contributed by atoms with Crippen LogP contribution in [0.15, 0.2) is 12.1 Å². The molecule has 18 heavy (non-hydrogen) atoms. The van der Waals surface area contributed by atoms with Gasteiger partial charge in [-0.05, 0) is 48.3 Å². The summed E-state index contributed by atoms with van der Waals surface area (Å²) in [5.74, 6) is 0. The molecule has 1 N–H and O–H groups in total. The van der Waals surface area contributed by atoms with E-state index in [1.807, 2.05) is 0 Å². The van der Waals surface area contributed by atoms with Gasteiger partial charge in [-0.2, -0.15) is 0 Å². The summed E-state index contributed by atoms with van der Waals surface area (Å²) < 4.78 is 0. The molecule has 1 fully saturated rings. The number of fused-ring (bicyclic) bond motifs is 1. The zero-order valence-electron chi connectivity index (χ0n) is 11.3. The lowest BCUT2D eigenvalue weighted by molar-refractivity contribution is 0.220. The second-order valence-corrected chi connectivity index (χ2v) is 6.30. The van der Waals surface area contributed by atoms with E-state index in [1.165, 1.54) is 44.3 Å². The lowest BCUT2D eigenvalue weighted by Gasteiger charge is -2.50. The van der Waals surface area contributed by atoms with E-state index in [1.54, 1.807) is 16.8 Å². The number of benzene rings is 1. The van der Waals surface area contributed by atoms with Crippen molar-refractivity contribution < 1.29 is 0 Å². The SMILES string of the molecule is Cc1ccc2c3c1CNCCN3CCC21CCC1. The minimum absolute atomic E-state index is 0.554. The van der Waals surface area contributed by atoms with Crippen molar-refractivity contribution in [3.63, 3.8) is 0 Å². The molecule has 0 radical (unpaired) electrons. The minimum Gasteiger partial charge on any atom is -0.370 e. The third-order valence-electron chi connectivity index (χ3n) is 5.44. The Hall–Kier alpha value is -1.02. The molecule has 1 aromatic rings.